The van der Waals surface area contributed by atoms with E-state index in [0.717, 1.165) is 28.2 Å². The molecule has 0 bridgehead atoms. The number of rotatable bonds is 4. The number of para-hydroxylation sites is 1. The maximum atomic E-state index is 13.1. The number of ether oxygens (including phenoxy) is 1. The number of nitrogens with zero attached hydrogens (tertiary/aromatic N) is 2. The number of aromatic nitrogens is 2. The number of amides is 1. The van der Waals surface area contributed by atoms with Gasteiger partial charge in [-0.3, -0.25) is 4.79 Å². The highest BCUT2D eigenvalue weighted by Gasteiger charge is 2.28. The van der Waals surface area contributed by atoms with Gasteiger partial charge in [-0.1, -0.05) is 48.5 Å². The summed E-state index contributed by atoms with van der Waals surface area (Å²) in [5, 5.41) is 7.60. The third-order valence-corrected chi connectivity index (χ3v) is 5.94. The molecule has 0 fully saturated rings. The molecule has 0 aliphatic carbocycles. The van der Waals surface area contributed by atoms with Crippen LogP contribution in [-0.2, 0) is 11.2 Å². The number of carbonyl (C=O) groups excluding carboxylic acids is 2. The Morgan fingerprint density at radius 3 is 2.42 bits per heavy atom. The molecule has 33 heavy (non-hydrogen) atoms. The van der Waals surface area contributed by atoms with E-state index in [4.69, 9.17) is 4.74 Å². The highest BCUT2D eigenvalue weighted by molar-refractivity contribution is 6.06. The first kappa shape index (κ1) is 20.7. The van der Waals surface area contributed by atoms with Gasteiger partial charge in [0.05, 0.1) is 28.3 Å². The molecular weight excluding hydrogens is 414 g/mol. The molecule has 0 radical (unpaired) electrons. The smallest absolute Gasteiger partial charge is 0.339 e. The number of esters is 1. The third kappa shape index (κ3) is 3.91. The molecule has 1 atom stereocenters. The number of anilines is 1. The van der Waals surface area contributed by atoms with Crippen LogP contribution in [-0.4, -0.2) is 21.7 Å². The number of fused-ring (bicyclic) bond motifs is 1. The molecule has 2 heterocycles. The summed E-state index contributed by atoms with van der Waals surface area (Å²) < 4.78 is 7.44. The molecule has 6 nitrogen and oxygen atoms in total. The number of carbonyl (C=O) groups is 2. The molecule has 0 unspecified atom stereocenters. The molecule has 164 valence electrons. The minimum absolute atomic E-state index is 0.244. The average Bonchev–Trinajstić information content (AvgIpc) is 3.13. The first-order chi connectivity index (χ1) is 16.0. The molecule has 0 saturated carbocycles. The van der Waals surface area contributed by atoms with E-state index in [1.807, 2.05) is 79.2 Å². The van der Waals surface area contributed by atoms with Crippen LogP contribution in [0.1, 0.15) is 49.3 Å². The Morgan fingerprint density at radius 1 is 1.00 bits per heavy atom. The van der Waals surface area contributed by atoms with Crippen LogP contribution in [0.2, 0.25) is 0 Å². The van der Waals surface area contributed by atoms with Crippen molar-refractivity contribution in [1.29, 1.82) is 0 Å². The van der Waals surface area contributed by atoms with Gasteiger partial charge in [0.1, 0.15) is 6.10 Å². The first-order valence-electron chi connectivity index (χ1n) is 10.8. The molecule has 5 rings (SSSR count). The van der Waals surface area contributed by atoms with Crippen molar-refractivity contribution >= 4 is 17.6 Å². The van der Waals surface area contributed by atoms with Gasteiger partial charge in [-0.25, -0.2) is 9.48 Å². The van der Waals surface area contributed by atoms with Gasteiger partial charge >= 0.3 is 5.97 Å². The highest BCUT2D eigenvalue weighted by atomic mass is 16.5. The average molecular weight is 437 g/mol. The first-order valence-corrected chi connectivity index (χ1v) is 10.8. The van der Waals surface area contributed by atoms with Gasteiger partial charge in [-0.15, -0.1) is 0 Å². The molecule has 1 aromatic heterocycles. The standard InChI is InChI=1S/C27H23N3O3/c1-17-25(18(2)30(29-17)22-11-7-4-8-12-22)28-26(31)20-13-14-23-21(15-20)16-24(33-27(23)32)19-9-5-3-6-10-19/h3-15,24H,16H2,1-2H3,(H,28,31)/t24-/m1/s1. The fourth-order valence-corrected chi connectivity index (χ4v) is 4.22. The van der Waals surface area contributed by atoms with Crippen molar-refractivity contribution in [2.45, 2.75) is 26.4 Å². The monoisotopic (exact) mass is 437 g/mol. The van der Waals surface area contributed by atoms with Crippen molar-refractivity contribution in [1.82, 2.24) is 9.78 Å². The van der Waals surface area contributed by atoms with E-state index in [9.17, 15) is 9.59 Å². The van der Waals surface area contributed by atoms with E-state index in [1.54, 1.807) is 18.2 Å². The Labute approximate surface area is 191 Å². The Kier molecular flexibility index (Phi) is 5.26. The summed E-state index contributed by atoms with van der Waals surface area (Å²) >= 11 is 0. The number of cyclic esters (lactones) is 1. The molecule has 6 heteroatoms. The van der Waals surface area contributed by atoms with E-state index in [2.05, 4.69) is 10.4 Å². The zero-order valence-electron chi connectivity index (χ0n) is 18.4. The van der Waals surface area contributed by atoms with E-state index < -0.39 is 0 Å². The van der Waals surface area contributed by atoms with Gasteiger partial charge in [0.25, 0.3) is 5.91 Å². The molecule has 0 spiro atoms. The van der Waals surface area contributed by atoms with Crippen LogP contribution in [0.25, 0.3) is 5.69 Å². The van der Waals surface area contributed by atoms with Crippen LogP contribution >= 0.6 is 0 Å². The fourth-order valence-electron chi connectivity index (χ4n) is 4.22. The Morgan fingerprint density at radius 2 is 1.70 bits per heavy atom. The van der Waals surface area contributed by atoms with Crippen LogP contribution < -0.4 is 5.32 Å². The van der Waals surface area contributed by atoms with Crippen LogP contribution in [0, 0.1) is 13.8 Å². The Bertz CT molecular complexity index is 1340. The second kappa shape index (κ2) is 8.39. The van der Waals surface area contributed by atoms with Crippen molar-refractivity contribution in [3.8, 4) is 5.69 Å². The predicted molar refractivity (Wildman–Crippen MR) is 126 cm³/mol. The van der Waals surface area contributed by atoms with E-state index in [-0.39, 0.29) is 18.0 Å². The summed E-state index contributed by atoms with van der Waals surface area (Å²) in [6.45, 7) is 3.80. The molecule has 1 aliphatic rings. The number of hydrogen-bond acceptors (Lipinski definition) is 4. The van der Waals surface area contributed by atoms with Gasteiger partial charge in [0, 0.05) is 12.0 Å². The maximum Gasteiger partial charge on any atom is 0.339 e. The van der Waals surface area contributed by atoms with Crippen molar-refractivity contribution in [2.75, 3.05) is 5.32 Å². The Hall–Kier alpha value is -4.19. The number of nitrogens with one attached hydrogen (secondary N) is 1. The fraction of sp³-hybridized carbons (Fsp3) is 0.148. The summed E-state index contributed by atoms with van der Waals surface area (Å²) in [6, 6.07) is 24.5. The summed E-state index contributed by atoms with van der Waals surface area (Å²) in [5.41, 5.74) is 5.92. The van der Waals surface area contributed by atoms with Crippen molar-refractivity contribution in [3.05, 3.63) is 113 Å². The quantitative estimate of drug-likeness (QED) is 0.446. The van der Waals surface area contributed by atoms with Gasteiger partial charge in [-0.05, 0) is 55.3 Å². The lowest BCUT2D eigenvalue weighted by atomic mass is 9.93. The normalized spacial score (nSPS) is 15.0. The van der Waals surface area contributed by atoms with E-state index in [1.165, 1.54) is 0 Å². The minimum atomic E-state index is -0.368. The Balaban J connectivity index is 1.41. The van der Waals surface area contributed by atoms with Gasteiger partial charge in [0.15, 0.2) is 0 Å². The van der Waals surface area contributed by atoms with Crippen molar-refractivity contribution < 1.29 is 14.3 Å². The van der Waals surface area contributed by atoms with Gasteiger partial charge in [0.2, 0.25) is 0 Å². The lowest BCUT2D eigenvalue weighted by molar-refractivity contribution is 0.0252. The zero-order valence-corrected chi connectivity index (χ0v) is 18.4. The van der Waals surface area contributed by atoms with Gasteiger partial charge in [-0.2, -0.15) is 5.10 Å². The molecule has 0 saturated heterocycles. The predicted octanol–water partition coefficient (Wildman–Crippen LogP) is 5.20. The number of aryl methyl sites for hydroxylation is 1. The van der Waals surface area contributed by atoms with Crippen molar-refractivity contribution in [2.24, 2.45) is 0 Å². The second-order valence-electron chi connectivity index (χ2n) is 8.13. The summed E-state index contributed by atoms with van der Waals surface area (Å²) in [7, 11) is 0. The highest BCUT2D eigenvalue weighted by Crippen LogP contribution is 2.31. The lowest BCUT2D eigenvalue weighted by Gasteiger charge is -2.25. The van der Waals surface area contributed by atoms with Crippen LogP contribution in [0.4, 0.5) is 5.69 Å². The molecule has 3 aromatic carbocycles. The molecule has 1 amide bonds. The molecule has 4 aromatic rings. The van der Waals surface area contributed by atoms with Crippen LogP contribution in [0.15, 0.2) is 78.9 Å². The van der Waals surface area contributed by atoms with Crippen molar-refractivity contribution in [3.63, 3.8) is 0 Å². The van der Waals surface area contributed by atoms with Crippen LogP contribution in [0.5, 0.6) is 0 Å². The van der Waals surface area contributed by atoms with E-state index in [0.29, 0.717) is 23.2 Å². The third-order valence-electron chi connectivity index (χ3n) is 5.94. The molecule has 1 N–H and O–H groups in total. The van der Waals surface area contributed by atoms with Gasteiger partial charge < -0.3 is 10.1 Å². The minimum Gasteiger partial charge on any atom is -0.454 e. The number of benzene rings is 3. The summed E-state index contributed by atoms with van der Waals surface area (Å²) in [6.07, 6.45) is 0.161. The second-order valence-corrected chi connectivity index (χ2v) is 8.13. The lowest BCUT2D eigenvalue weighted by Crippen LogP contribution is -2.23. The SMILES string of the molecule is Cc1nn(-c2ccccc2)c(C)c1NC(=O)c1ccc2c(c1)C[C@H](c1ccccc1)OC2=O. The summed E-state index contributed by atoms with van der Waals surface area (Å²) in [5.74, 6) is -0.611. The molecule has 1 aliphatic heterocycles. The van der Waals surface area contributed by atoms with E-state index >= 15 is 0 Å². The zero-order chi connectivity index (χ0) is 22.9. The maximum absolute atomic E-state index is 13.1. The van der Waals surface area contributed by atoms with Crippen LogP contribution in [0.3, 0.4) is 0 Å². The largest absolute Gasteiger partial charge is 0.454 e. The topological polar surface area (TPSA) is 73.2 Å². The number of hydrogen-bond donors (Lipinski definition) is 1. The summed E-state index contributed by atoms with van der Waals surface area (Å²) in [4.78, 5) is 25.7. The molecular formula is C27H23N3O3.